The van der Waals surface area contributed by atoms with E-state index < -0.39 is 17.6 Å². The van der Waals surface area contributed by atoms with Crippen LogP contribution in [0.4, 0.5) is 18.9 Å². The van der Waals surface area contributed by atoms with Gasteiger partial charge in [0.05, 0.1) is 28.6 Å². The van der Waals surface area contributed by atoms with Crippen molar-refractivity contribution < 1.29 is 27.4 Å². The Bertz CT molecular complexity index is 1080. The van der Waals surface area contributed by atoms with E-state index in [4.69, 9.17) is 9.47 Å². The first kappa shape index (κ1) is 22.3. The van der Waals surface area contributed by atoms with Crippen molar-refractivity contribution in [2.45, 2.75) is 26.1 Å². The zero-order valence-electron chi connectivity index (χ0n) is 17.2. The van der Waals surface area contributed by atoms with E-state index in [9.17, 15) is 18.0 Å². The predicted octanol–water partition coefficient (Wildman–Crippen LogP) is 6.16. The van der Waals surface area contributed by atoms with Gasteiger partial charge in [0.2, 0.25) is 0 Å². The standard InChI is InChI=1S/C23H21F3N2O3/c1-14-18(11-12-20(27-14)15(2)30-3)22(29)28-16-7-6-8-17(13-16)31-21-10-5-4-9-19(21)23(24,25)26/h4-13,15H,1-3H3,(H,28,29). The molecule has 1 amide bonds. The third-order valence-corrected chi connectivity index (χ3v) is 4.63. The number of halogens is 3. The molecular formula is C23H21F3N2O3. The summed E-state index contributed by atoms with van der Waals surface area (Å²) in [6, 6.07) is 14.5. The SMILES string of the molecule is COC(C)c1ccc(C(=O)Nc2cccc(Oc3ccccc3C(F)(F)F)c2)c(C)n1. The van der Waals surface area contributed by atoms with E-state index in [-0.39, 0.29) is 17.6 Å². The molecule has 0 spiro atoms. The highest BCUT2D eigenvalue weighted by atomic mass is 19.4. The first-order valence-electron chi connectivity index (χ1n) is 9.45. The fraction of sp³-hybridized carbons (Fsp3) is 0.217. The first-order valence-corrected chi connectivity index (χ1v) is 9.45. The van der Waals surface area contributed by atoms with Crippen LogP contribution in [0, 0.1) is 6.92 Å². The second-order valence-corrected chi connectivity index (χ2v) is 6.82. The van der Waals surface area contributed by atoms with Gasteiger partial charge in [-0.1, -0.05) is 18.2 Å². The van der Waals surface area contributed by atoms with E-state index in [2.05, 4.69) is 10.3 Å². The van der Waals surface area contributed by atoms with Crippen LogP contribution >= 0.6 is 0 Å². The summed E-state index contributed by atoms with van der Waals surface area (Å²) in [4.78, 5) is 17.1. The number of aryl methyl sites for hydroxylation is 1. The number of ether oxygens (including phenoxy) is 2. The van der Waals surface area contributed by atoms with Gasteiger partial charge in [-0.2, -0.15) is 13.2 Å². The largest absolute Gasteiger partial charge is 0.457 e. The normalized spacial score (nSPS) is 12.3. The minimum atomic E-state index is -4.54. The number of carbonyl (C=O) groups is 1. The molecule has 1 heterocycles. The van der Waals surface area contributed by atoms with Crippen molar-refractivity contribution in [1.29, 1.82) is 0 Å². The van der Waals surface area contributed by atoms with Gasteiger partial charge in [-0.25, -0.2) is 0 Å². The Hall–Kier alpha value is -3.39. The maximum Gasteiger partial charge on any atom is 0.419 e. The molecule has 3 aromatic rings. The number of amides is 1. The summed E-state index contributed by atoms with van der Waals surface area (Å²) in [7, 11) is 1.57. The molecule has 0 aliphatic heterocycles. The number of anilines is 1. The van der Waals surface area contributed by atoms with Gasteiger partial charge < -0.3 is 14.8 Å². The second kappa shape index (κ2) is 9.18. The van der Waals surface area contributed by atoms with Crippen LogP contribution in [0.15, 0.2) is 60.7 Å². The molecule has 0 saturated carbocycles. The number of aromatic nitrogens is 1. The van der Waals surface area contributed by atoms with Crippen molar-refractivity contribution in [1.82, 2.24) is 4.98 Å². The van der Waals surface area contributed by atoms with Crippen LogP contribution in [0.5, 0.6) is 11.5 Å². The molecule has 5 nitrogen and oxygen atoms in total. The Labute approximate surface area is 177 Å². The number of hydrogen-bond donors (Lipinski definition) is 1. The number of alkyl halides is 3. The molecule has 0 radical (unpaired) electrons. The van der Waals surface area contributed by atoms with Crippen molar-refractivity contribution in [2.24, 2.45) is 0 Å². The zero-order valence-corrected chi connectivity index (χ0v) is 17.2. The zero-order chi connectivity index (χ0) is 22.6. The monoisotopic (exact) mass is 430 g/mol. The smallest absolute Gasteiger partial charge is 0.419 e. The summed E-state index contributed by atoms with van der Waals surface area (Å²) in [6.07, 6.45) is -4.75. The van der Waals surface area contributed by atoms with Crippen molar-refractivity contribution >= 4 is 11.6 Å². The molecule has 1 N–H and O–H groups in total. The highest BCUT2D eigenvalue weighted by molar-refractivity contribution is 6.05. The number of para-hydroxylation sites is 1. The van der Waals surface area contributed by atoms with E-state index in [1.165, 1.54) is 30.3 Å². The van der Waals surface area contributed by atoms with Gasteiger partial charge in [-0.15, -0.1) is 0 Å². The summed E-state index contributed by atoms with van der Waals surface area (Å²) in [5.41, 5.74) is 1.11. The fourth-order valence-corrected chi connectivity index (χ4v) is 2.92. The minimum Gasteiger partial charge on any atom is -0.457 e. The fourth-order valence-electron chi connectivity index (χ4n) is 2.92. The number of hydrogen-bond acceptors (Lipinski definition) is 4. The van der Waals surface area contributed by atoms with Crippen LogP contribution in [-0.2, 0) is 10.9 Å². The lowest BCUT2D eigenvalue weighted by Gasteiger charge is -2.14. The lowest BCUT2D eigenvalue weighted by Crippen LogP contribution is -2.15. The van der Waals surface area contributed by atoms with Crippen LogP contribution in [0.25, 0.3) is 0 Å². The molecule has 0 fully saturated rings. The Morgan fingerprint density at radius 2 is 1.81 bits per heavy atom. The molecule has 0 aliphatic rings. The van der Waals surface area contributed by atoms with Crippen molar-refractivity contribution in [3.8, 4) is 11.5 Å². The van der Waals surface area contributed by atoms with Crippen LogP contribution in [0.1, 0.15) is 40.3 Å². The van der Waals surface area contributed by atoms with E-state index in [1.807, 2.05) is 6.92 Å². The van der Waals surface area contributed by atoms with Crippen molar-refractivity contribution in [2.75, 3.05) is 12.4 Å². The molecule has 8 heteroatoms. The summed E-state index contributed by atoms with van der Waals surface area (Å²) in [5.74, 6) is -0.551. The number of nitrogens with one attached hydrogen (secondary N) is 1. The van der Waals surface area contributed by atoms with Gasteiger partial charge in [0.25, 0.3) is 5.91 Å². The molecular weight excluding hydrogens is 409 g/mol. The lowest BCUT2D eigenvalue weighted by atomic mass is 10.1. The third kappa shape index (κ3) is 5.40. The molecule has 162 valence electrons. The third-order valence-electron chi connectivity index (χ3n) is 4.63. The number of rotatable bonds is 6. The number of pyridine rings is 1. The second-order valence-electron chi connectivity index (χ2n) is 6.82. The van der Waals surface area contributed by atoms with Gasteiger partial charge in [0, 0.05) is 18.9 Å². The molecule has 3 rings (SSSR count). The molecule has 1 unspecified atom stereocenters. The first-order chi connectivity index (χ1) is 14.7. The molecule has 1 aromatic heterocycles. The summed E-state index contributed by atoms with van der Waals surface area (Å²) in [5, 5.41) is 2.72. The Kier molecular flexibility index (Phi) is 6.60. The maximum atomic E-state index is 13.2. The predicted molar refractivity (Wildman–Crippen MR) is 110 cm³/mol. The van der Waals surface area contributed by atoms with E-state index >= 15 is 0 Å². The quantitative estimate of drug-likeness (QED) is 0.509. The van der Waals surface area contributed by atoms with Crippen molar-refractivity contribution in [3.63, 3.8) is 0 Å². The minimum absolute atomic E-state index is 0.161. The Morgan fingerprint density at radius 3 is 2.48 bits per heavy atom. The van der Waals surface area contributed by atoms with E-state index in [0.717, 1.165) is 6.07 Å². The molecule has 1 atom stereocenters. The Balaban J connectivity index is 1.78. The molecule has 0 saturated heterocycles. The van der Waals surface area contributed by atoms with Gasteiger partial charge >= 0.3 is 6.18 Å². The number of carbonyl (C=O) groups excluding carboxylic acids is 1. The van der Waals surface area contributed by atoms with Gasteiger partial charge in [-0.3, -0.25) is 9.78 Å². The van der Waals surface area contributed by atoms with Crippen LogP contribution in [0.3, 0.4) is 0 Å². The van der Waals surface area contributed by atoms with E-state index in [1.54, 1.807) is 38.3 Å². The summed E-state index contributed by atoms with van der Waals surface area (Å²) < 4.78 is 50.2. The summed E-state index contributed by atoms with van der Waals surface area (Å²) >= 11 is 0. The topological polar surface area (TPSA) is 60.5 Å². The summed E-state index contributed by atoms with van der Waals surface area (Å²) in [6.45, 7) is 3.57. The Morgan fingerprint density at radius 1 is 1.06 bits per heavy atom. The molecule has 31 heavy (non-hydrogen) atoms. The van der Waals surface area contributed by atoms with Gasteiger partial charge in [0.1, 0.15) is 11.5 Å². The van der Waals surface area contributed by atoms with Crippen LogP contribution in [0.2, 0.25) is 0 Å². The maximum absolute atomic E-state index is 13.2. The highest BCUT2D eigenvalue weighted by Crippen LogP contribution is 2.38. The van der Waals surface area contributed by atoms with Crippen LogP contribution < -0.4 is 10.1 Å². The number of nitrogens with zero attached hydrogens (tertiary/aromatic N) is 1. The molecule has 0 aliphatic carbocycles. The van der Waals surface area contributed by atoms with Gasteiger partial charge in [-0.05, 0) is 50.2 Å². The van der Waals surface area contributed by atoms with E-state index in [0.29, 0.717) is 22.6 Å². The van der Waals surface area contributed by atoms with Crippen LogP contribution in [-0.4, -0.2) is 18.0 Å². The molecule has 2 aromatic carbocycles. The average Bonchev–Trinajstić information content (AvgIpc) is 2.73. The lowest BCUT2D eigenvalue weighted by molar-refractivity contribution is -0.138. The average molecular weight is 430 g/mol. The van der Waals surface area contributed by atoms with Crippen molar-refractivity contribution in [3.05, 3.63) is 83.2 Å². The molecule has 0 bridgehead atoms. The van der Waals surface area contributed by atoms with Gasteiger partial charge in [0.15, 0.2) is 0 Å². The number of benzene rings is 2. The number of methoxy groups -OCH3 is 1. The highest BCUT2D eigenvalue weighted by Gasteiger charge is 2.34.